The lowest BCUT2D eigenvalue weighted by Crippen LogP contribution is -2.03. The molecule has 0 aliphatic heterocycles. The van der Waals surface area contributed by atoms with Crippen LogP contribution in [0, 0.1) is 0 Å². The molecule has 0 spiro atoms. The van der Waals surface area contributed by atoms with E-state index in [1.54, 1.807) is 23.5 Å². The molecule has 0 saturated heterocycles. The lowest BCUT2D eigenvalue weighted by atomic mass is 10.4. The molecule has 0 aromatic carbocycles. The predicted molar refractivity (Wildman–Crippen MR) is 73.6 cm³/mol. The number of hydrogen-bond acceptors (Lipinski definition) is 5. The molecule has 0 unspecified atom stereocenters. The number of nitrogens with zero attached hydrogens (tertiary/aromatic N) is 2. The van der Waals surface area contributed by atoms with Crippen LogP contribution >= 0.6 is 23.5 Å². The van der Waals surface area contributed by atoms with Gasteiger partial charge in [-0.25, -0.2) is 9.97 Å². The standard InChI is InChI=1S/C11H19N3S2/c1-4-6-12-9-8-10(16-7-5-2)14-11(13-9)15-3/h8H,4-7H2,1-3H3,(H,12,13,14). The summed E-state index contributed by atoms with van der Waals surface area (Å²) < 4.78 is 0. The van der Waals surface area contributed by atoms with Crippen molar-refractivity contribution in [1.82, 2.24) is 9.97 Å². The quantitative estimate of drug-likeness (QED) is 0.459. The average molecular weight is 257 g/mol. The SMILES string of the molecule is CCCNc1cc(SCCC)nc(SC)n1. The molecule has 0 fully saturated rings. The van der Waals surface area contributed by atoms with E-state index in [1.165, 1.54) is 6.42 Å². The van der Waals surface area contributed by atoms with Crippen molar-refractivity contribution in [1.29, 1.82) is 0 Å². The van der Waals surface area contributed by atoms with Gasteiger partial charge in [-0.3, -0.25) is 0 Å². The van der Waals surface area contributed by atoms with Crippen LogP contribution in [0.2, 0.25) is 0 Å². The van der Waals surface area contributed by atoms with E-state index in [0.29, 0.717) is 0 Å². The fraction of sp³-hybridized carbons (Fsp3) is 0.636. The molecule has 0 aliphatic rings. The summed E-state index contributed by atoms with van der Waals surface area (Å²) in [5, 5.41) is 5.22. The topological polar surface area (TPSA) is 37.8 Å². The van der Waals surface area contributed by atoms with Crippen molar-refractivity contribution >= 4 is 29.3 Å². The zero-order valence-corrected chi connectivity index (χ0v) is 11.7. The van der Waals surface area contributed by atoms with E-state index < -0.39 is 0 Å². The highest BCUT2D eigenvalue weighted by Gasteiger charge is 2.03. The Bertz CT molecular complexity index is 292. The van der Waals surface area contributed by atoms with Crippen molar-refractivity contribution in [2.45, 2.75) is 36.9 Å². The van der Waals surface area contributed by atoms with Gasteiger partial charge >= 0.3 is 0 Å². The Morgan fingerprint density at radius 3 is 2.69 bits per heavy atom. The van der Waals surface area contributed by atoms with Crippen molar-refractivity contribution in [3.8, 4) is 0 Å². The number of hydrogen-bond donors (Lipinski definition) is 1. The second kappa shape index (κ2) is 7.79. The van der Waals surface area contributed by atoms with Crippen molar-refractivity contribution < 1.29 is 0 Å². The Morgan fingerprint density at radius 2 is 2.06 bits per heavy atom. The summed E-state index contributed by atoms with van der Waals surface area (Å²) in [4.78, 5) is 8.90. The van der Waals surface area contributed by atoms with Gasteiger partial charge in [0.25, 0.3) is 0 Å². The van der Waals surface area contributed by atoms with Crippen molar-refractivity contribution in [2.24, 2.45) is 0 Å². The van der Waals surface area contributed by atoms with Gasteiger partial charge in [0, 0.05) is 12.6 Å². The lowest BCUT2D eigenvalue weighted by Gasteiger charge is -2.07. The summed E-state index contributed by atoms with van der Waals surface area (Å²) in [6.07, 6.45) is 4.28. The molecular weight excluding hydrogens is 238 g/mol. The Labute approximate surface area is 106 Å². The highest BCUT2D eigenvalue weighted by Crippen LogP contribution is 2.22. The molecule has 1 aromatic heterocycles. The summed E-state index contributed by atoms with van der Waals surface area (Å²) in [6, 6.07) is 2.04. The van der Waals surface area contributed by atoms with E-state index in [-0.39, 0.29) is 0 Å². The first-order valence-corrected chi connectivity index (χ1v) is 7.81. The minimum Gasteiger partial charge on any atom is -0.370 e. The van der Waals surface area contributed by atoms with Crippen LogP contribution in [0.3, 0.4) is 0 Å². The van der Waals surface area contributed by atoms with Gasteiger partial charge < -0.3 is 5.32 Å². The molecule has 0 saturated carbocycles. The smallest absolute Gasteiger partial charge is 0.190 e. The number of aromatic nitrogens is 2. The molecule has 0 radical (unpaired) electrons. The van der Waals surface area contributed by atoms with Gasteiger partial charge in [-0.15, -0.1) is 11.8 Å². The first-order valence-electron chi connectivity index (χ1n) is 5.59. The molecule has 1 heterocycles. The first kappa shape index (κ1) is 13.6. The highest BCUT2D eigenvalue weighted by atomic mass is 32.2. The maximum Gasteiger partial charge on any atom is 0.190 e. The van der Waals surface area contributed by atoms with Gasteiger partial charge in [0.05, 0.1) is 0 Å². The number of thioether (sulfide) groups is 2. The Morgan fingerprint density at radius 1 is 1.25 bits per heavy atom. The van der Waals surface area contributed by atoms with Crippen LogP contribution in [0.4, 0.5) is 5.82 Å². The van der Waals surface area contributed by atoms with Crippen LogP contribution in [0.5, 0.6) is 0 Å². The van der Waals surface area contributed by atoms with E-state index in [9.17, 15) is 0 Å². The lowest BCUT2D eigenvalue weighted by molar-refractivity contribution is 0.877. The van der Waals surface area contributed by atoms with Gasteiger partial charge in [0.1, 0.15) is 10.8 Å². The molecule has 1 rings (SSSR count). The van der Waals surface area contributed by atoms with Crippen LogP contribution in [0.15, 0.2) is 16.2 Å². The number of rotatable bonds is 7. The Kier molecular flexibility index (Phi) is 6.64. The van der Waals surface area contributed by atoms with Crippen molar-refractivity contribution in [3.63, 3.8) is 0 Å². The van der Waals surface area contributed by atoms with Crippen LogP contribution in [0.1, 0.15) is 26.7 Å². The molecule has 1 N–H and O–H groups in total. The molecule has 0 bridgehead atoms. The fourth-order valence-corrected chi connectivity index (χ4v) is 2.32. The second-order valence-electron chi connectivity index (χ2n) is 3.35. The van der Waals surface area contributed by atoms with E-state index in [2.05, 4.69) is 29.1 Å². The summed E-state index contributed by atoms with van der Waals surface area (Å²) in [7, 11) is 0. The van der Waals surface area contributed by atoms with Gasteiger partial charge in [0.2, 0.25) is 0 Å². The van der Waals surface area contributed by atoms with E-state index in [1.807, 2.05) is 12.3 Å². The zero-order chi connectivity index (χ0) is 11.8. The summed E-state index contributed by atoms with van der Waals surface area (Å²) in [5.41, 5.74) is 0. The van der Waals surface area contributed by atoms with Gasteiger partial charge in [0.15, 0.2) is 5.16 Å². The highest BCUT2D eigenvalue weighted by molar-refractivity contribution is 7.99. The molecule has 0 atom stereocenters. The molecule has 1 aromatic rings. The summed E-state index contributed by atoms with van der Waals surface area (Å²) in [5.74, 6) is 2.05. The minimum atomic E-state index is 0.847. The molecule has 3 nitrogen and oxygen atoms in total. The van der Waals surface area contributed by atoms with Crippen LogP contribution in [-0.4, -0.2) is 28.5 Å². The molecule has 5 heteroatoms. The van der Waals surface area contributed by atoms with Crippen LogP contribution in [-0.2, 0) is 0 Å². The van der Waals surface area contributed by atoms with Crippen molar-refractivity contribution in [2.75, 3.05) is 23.9 Å². The third-order valence-electron chi connectivity index (χ3n) is 1.87. The normalized spacial score (nSPS) is 10.4. The van der Waals surface area contributed by atoms with Crippen LogP contribution in [0.25, 0.3) is 0 Å². The Hall–Kier alpha value is -0.420. The molecule has 0 amide bonds. The molecule has 90 valence electrons. The van der Waals surface area contributed by atoms with Gasteiger partial charge in [-0.1, -0.05) is 25.6 Å². The predicted octanol–water partition coefficient (Wildman–Crippen LogP) is 3.52. The third-order valence-corrected chi connectivity index (χ3v) is 3.54. The molecule has 0 aliphatic carbocycles. The monoisotopic (exact) mass is 257 g/mol. The Balaban J connectivity index is 2.74. The molecular formula is C11H19N3S2. The zero-order valence-electron chi connectivity index (χ0n) is 10.1. The minimum absolute atomic E-state index is 0.847. The largest absolute Gasteiger partial charge is 0.370 e. The van der Waals surface area contributed by atoms with E-state index in [4.69, 9.17) is 0 Å². The number of anilines is 1. The summed E-state index contributed by atoms with van der Waals surface area (Å²) >= 11 is 3.38. The third kappa shape index (κ3) is 4.61. The fourth-order valence-electron chi connectivity index (χ4n) is 1.12. The van der Waals surface area contributed by atoms with Gasteiger partial charge in [-0.2, -0.15) is 0 Å². The second-order valence-corrected chi connectivity index (χ2v) is 5.24. The number of nitrogens with one attached hydrogen (secondary N) is 1. The average Bonchev–Trinajstić information content (AvgIpc) is 2.33. The summed E-state index contributed by atoms with van der Waals surface area (Å²) in [6.45, 7) is 5.29. The first-order chi connectivity index (χ1) is 7.80. The van der Waals surface area contributed by atoms with E-state index >= 15 is 0 Å². The maximum atomic E-state index is 4.47. The van der Waals surface area contributed by atoms with Crippen LogP contribution < -0.4 is 5.32 Å². The maximum absolute atomic E-state index is 4.47. The van der Waals surface area contributed by atoms with E-state index in [0.717, 1.165) is 34.7 Å². The van der Waals surface area contributed by atoms with Gasteiger partial charge in [-0.05, 0) is 24.9 Å². The molecule has 16 heavy (non-hydrogen) atoms. The van der Waals surface area contributed by atoms with Crippen molar-refractivity contribution in [3.05, 3.63) is 6.07 Å².